The van der Waals surface area contributed by atoms with Crippen molar-refractivity contribution in [3.05, 3.63) is 12.7 Å². The van der Waals surface area contributed by atoms with E-state index in [0.717, 1.165) is 0 Å². The lowest BCUT2D eigenvalue weighted by Crippen LogP contribution is -2.24. The molecule has 20 heteroatoms. The maximum atomic E-state index is 12.4. The zero-order valence-electron chi connectivity index (χ0n) is 14.8. The minimum atomic E-state index is -5.90. The monoisotopic (exact) mass is 489 g/mol. The third-order valence-corrected chi connectivity index (χ3v) is 7.74. The lowest BCUT2D eigenvalue weighted by atomic mass is 10.2. The van der Waals surface area contributed by atoms with E-state index in [0.29, 0.717) is 7.11 Å². The van der Waals surface area contributed by atoms with Crippen molar-refractivity contribution >= 4 is 40.4 Å². The van der Waals surface area contributed by atoms with Crippen LogP contribution < -0.4 is 15.5 Å². The highest BCUT2D eigenvalue weighted by Crippen LogP contribution is 2.66. The summed E-state index contributed by atoms with van der Waals surface area (Å²) in [5.41, 5.74) is 6.19. The highest BCUT2D eigenvalue weighted by atomic mass is 31.3. The van der Waals surface area contributed by atoms with E-state index in [-0.39, 0.29) is 23.4 Å². The van der Waals surface area contributed by atoms with Crippen molar-refractivity contribution < 1.29 is 55.9 Å². The van der Waals surface area contributed by atoms with Gasteiger partial charge in [-0.25, -0.2) is 28.1 Å². The summed E-state index contributed by atoms with van der Waals surface area (Å²) in [5.74, 6) is 0.0909. The molecule has 0 bridgehead atoms. The second-order valence-electron chi connectivity index (χ2n) is 5.66. The lowest BCUT2D eigenvalue weighted by Gasteiger charge is -2.30. The summed E-state index contributed by atoms with van der Waals surface area (Å²) in [6, 6.07) is 0. The Morgan fingerprint density at radius 2 is 1.97 bits per heavy atom. The number of fused-ring (bicyclic) bond motifs is 1. The molecule has 17 nitrogen and oxygen atoms in total. The van der Waals surface area contributed by atoms with Crippen molar-refractivity contribution in [2.75, 3.05) is 12.8 Å². The summed E-state index contributed by atoms with van der Waals surface area (Å²) >= 11 is 0. The molecule has 168 valence electrons. The van der Waals surface area contributed by atoms with Crippen LogP contribution in [0.15, 0.2) is 12.7 Å². The molecule has 1 aliphatic heterocycles. The Kier molecular flexibility index (Phi) is 6.47. The molecule has 6 atom stereocenters. The van der Waals surface area contributed by atoms with Crippen LogP contribution in [0, 0.1) is 0 Å². The molecule has 0 aliphatic carbocycles. The molecule has 0 spiro atoms. The van der Waals surface area contributed by atoms with Crippen molar-refractivity contribution in [1.82, 2.24) is 19.5 Å². The number of nitrogen functional groups attached to an aromatic ring is 1. The van der Waals surface area contributed by atoms with Crippen LogP contribution in [0.25, 0.3) is 11.2 Å². The molecule has 2 aromatic heterocycles. The van der Waals surface area contributed by atoms with Gasteiger partial charge in [-0.1, -0.05) is 0 Å². The number of hydrogen-bond donors (Lipinski definition) is 3. The number of anilines is 1. The molecule has 4 N–H and O–H groups in total. The number of rotatable bonds is 8. The molecular formula is C10H14N5O12P3-2. The zero-order valence-corrected chi connectivity index (χ0v) is 17.5. The van der Waals surface area contributed by atoms with Gasteiger partial charge >= 0.3 is 7.82 Å². The molecule has 3 heterocycles. The Bertz CT molecular complexity index is 1070. The molecule has 0 aromatic carbocycles. The molecule has 0 radical (unpaired) electrons. The normalized spacial score (nSPS) is 28.1. The van der Waals surface area contributed by atoms with Crippen LogP contribution in [0.2, 0.25) is 0 Å². The largest absolute Gasteiger partial charge is 0.756 e. The number of nitrogens with two attached hydrogens (primary N) is 1. The predicted octanol–water partition coefficient (Wildman–Crippen LogP) is -1.25. The number of phosphoric acid groups is 3. The topological polar surface area (TPSA) is 254 Å². The third kappa shape index (κ3) is 5.29. The Morgan fingerprint density at radius 1 is 1.27 bits per heavy atom. The quantitative estimate of drug-likeness (QED) is 0.366. The second-order valence-corrected chi connectivity index (χ2v) is 10.3. The number of ether oxygens (including phenoxy) is 1. The van der Waals surface area contributed by atoms with Gasteiger partial charge < -0.3 is 30.3 Å². The van der Waals surface area contributed by atoms with Crippen LogP contribution in [0.1, 0.15) is 12.6 Å². The van der Waals surface area contributed by atoms with Crippen molar-refractivity contribution in [2.24, 2.45) is 0 Å². The number of imidazole rings is 1. The first-order valence-corrected chi connectivity index (χ1v) is 12.1. The standard InChI is InChI=1S/C10H16N5O12P3/c1-23-30(22,27-29(20,21)26-28(17,18)19)25-10-5(16)2-6(24-10)15-4-14-7-8(11)12-3-13-9(7)15/h3-6,10,16H,2H2,1H3,(H,20,21)(H2,11,12,13)(H2,17,18,19)/p-2. The van der Waals surface area contributed by atoms with E-state index in [1.807, 2.05) is 0 Å². The Hall–Kier alpha value is -1.32. The summed E-state index contributed by atoms with van der Waals surface area (Å²) in [4.78, 5) is 42.3. The highest BCUT2D eigenvalue weighted by Gasteiger charge is 2.44. The first-order valence-electron chi connectivity index (χ1n) is 7.71. The Balaban J connectivity index is 1.76. The minimum absolute atomic E-state index is 0.0909. The summed E-state index contributed by atoms with van der Waals surface area (Å²) in [6.07, 6.45) is -1.87. The molecule has 6 unspecified atom stereocenters. The van der Waals surface area contributed by atoms with Gasteiger partial charge in [0, 0.05) is 13.5 Å². The smallest absolute Gasteiger partial charge is 0.483 e. The molecule has 1 aliphatic rings. The number of aliphatic hydroxyl groups is 1. The number of nitrogens with zero attached hydrogens (tertiary/aromatic N) is 4. The van der Waals surface area contributed by atoms with Gasteiger partial charge in [-0.3, -0.25) is 22.7 Å². The van der Waals surface area contributed by atoms with Crippen molar-refractivity contribution in [2.45, 2.75) is 25.0 Å². The fourth-order valence-electron chi connectivity index (χ4n) is 2.46. The molecule has 30 heavy (non-hydrogen) atoms. The van der Waals surface area contributed by atoms with Crippen LogP contribution in [0.5, 0.6) is 0 Å². The number of aromatic nitrogens is 4. The van der Waals surface area contributed by atoms with Crippen LogP contribution >= 0.6 is 23.5 Å². The molecule has 3 rings (SSSR count). The van der Waals surface area contributed by atoms with Gasteiger partial charge in [0.05, 0.1) is 6.33 Å². The maximum Gasteiger partial charge on any atom is 0.483 e. The summed E-state index contributed by atoms with van der Waals surface area (Å²) in [6.45, 7) is 0. The van der Waals surface area contributed by atoms with Gasteiger partial charge in [-0.05, 0) is 0 Å². The lowest BCUT2D eigenvalue weighted by molar-refractivity contribution is -0.237. The Morgan fingerprint density at radius 3 is 2.60 bits per heavy atom. The van der Waals surface area contributed by atoms with Gasteiger partial charge in [0.2, 0.25) is 0 Å². The minimum Gasteiger partial charge on any atom is -0.756 e. The second kappa shape index (κ2) is 8.31. The van der Waals surface area contributed by atoms with Crippen LogP contribution in [0.3, 0.4) is 0 Å². The first kappa shape index (κ1) is 23.3. The fraction of sp³-hybridized carbons (Fsp3) is 0.500. The van der Waals surface area contributed by atoms with E-state index in [1.54, 1.807) is 0 Å². The number of aliphatic hydroxyl groups excluding tert-OH is 1. The predicted molar refractivity (Wildman–Crippen MR) is 89.6 cm³/mol. The zero-order chi connectivity index (χ0) is 22.3. The van der Waals surface area contributed by atoms with Gasteiger partial charge in [0.25, 0.3) is 15.6 Å². The van der Waals surface area contributed by atoms with E-state index in [2.05, 4.69) is 28.1 Å². The van der Waals surface area contributed by atoms with E-state index >= 15 is 0 Å². The SMILES string of the molecule is COP(=O)(OC1OC(n2cnc3c(N)ncnc32)CC1O)OP(=O)([O-])OP(=O)([O-])O. The van der Waals surface area contributed by atoms with Crippen molar-refractivity contribution in [1.29, 1.82) is 0 Å². The molecular weight excluding hydrogens is 475 g/mol. The summed E-state index contributed by atoms with van der Waals surface area (Å²) in [5, 5.41) is 10.1. The fourth-order valence-corrected chi connectivity index (χ4v) is 5.79. The van der Waals surface area contributed by atoms with E-state index in [1.165, 1.54) is 17.2 Å². The Labute approximate surface area is 167 Å². The molecule has 1 fully saturated rings. The average Bonchev–Trinajstić information content (AvgIpc) is 3.17. The molecule has 0 amide bonds. The molecule has 1 saturated heterocycles. The number of hydrogen-bond acceptors (Lipinski definition) is 15. The van der Waals surface area contributed by atoms with E-state index < -0.39 is 42.1 Å². The van der Waals surface area contributed by atoms with E-state index in [4.69, 9.17) is 19.9 Å². The van der Waals surface area contributed by atoms with Crippen LogP contribution in [0.4, 0.5) is 5.82 Å². The maximum absolute atomic E-state index is 12.4. The van der Waals surface area contributed by atoms with Gasteiger partial charge in [-0.2, -0.15) is 0 Å². The van der Waals surface area contributed by atoms with Gasteiger partial charge in [-0.15, -0.1) is 0 Å². The summed E-state index contributed by atoms with van der Waals surface area (Å²) in [7, 11) is -16.1. The third-order valence-electron chi connectivity index (χ3n) is 3.61. The molecule has 0 saturated carbocycles. The number of phosphoric ester groups is 1. The van der Waals surface area contributed by atoms with Gasteiger partial charge in [0.15, 0.2) is 17.8 Å². The van der Waals surface area contributed by atoms with Crippen LogP contribution in [-0.4, -0.2) is 49.0 Å². The first-order chi connectivity index (χ1) is 13.8. The molecule has 2 aromatic rings. The van der Waals surface area contributed by atoms with Crippen molar-refractivity contribution in [3.63, 3.8) is 0 Å². The summed E-state index contributed by atoms with van der Waals surface area (Å²) < 4.78 is 57.6. The van der Waals surface area contributed by atoms with Crippen LogP contribution in [-0.2, 0) is 36.1 Å². The van der Waals surface area contributed by atoms with Gasteiger partial charge in [0.1, 0.15) is 24.2 Å². The van der Waals surface area contributed by atoms with E-state index in [9.17, 15) is 28.6 Å². The van der Waals surface area contributed by atoms with Crippen molar-refractivity contribution in [3.8, 4) is 0 Å². The average molecular weight is 489 g/mol. The highest BCUT2D eigenvalue weighted by molar-refractivity contribution is 7.65.